The van der Waals surface area contributed by atoms with Crippen molar-refractivity contribution in [3.05, 3.63) is 41.6 Å². The third-order valence-corrected chi connectivity index (χ3v) is 5.76. The number of benzene rings is 1. The van der Waals surface area contributed by atoms with Gasteiger partial charge in [-0.1, -0.05) is 12.1 Å². The van der Waals surface area contributed by atoms with Crippen molar-refractivity contribution < 1.29 is 8.42 Å². The van der Waals surface area contributed by atoms with Gasteiger partial charge in [0, 0.05) is 42.8 Å². The molecule has 1 aromatic heterocycles. The van der Waals surface area contributed by atoms with E-state index in [1.54, 1.807) is 30.6 Å². The first-order valence-corrected chi connectivity index (χ1v) is 8.48. The molecule has 22 heavy (non-hydrogen) atoms. The van der Waals surface area contributed by atoms with Crippen LogP contribution < -0.4 is 0 Å². The Kier molecular flexibility index (Phi) is 4.04. The van der Waals surface area contributed by atoms with E-state index in [1.807, 2.05) is 6.07 Å². The lowest BCUT2D eigenvalue weighted by Crippen LogP contribution is -2.34. The first kappa shape index (κ1) is 14.9. The summed E-state index contributed by atoms with van der Waals surface area (Å²) in [7, 11) is -3.61. The molecular formula is C14H16N4O3S. The van der Waals surface area contributed by atoms with E-state index in [4.69, 9.17) is 0 Å². The molecule has 0 N–H and O–H groups in total. The fourth-order valence-electron chi connectivity index (χ4n) is 2.66. The van der Waals surface area contributed by atoms with Crippen molar-refractivity contribution in [3.8, 4) is 0 Å². The van der Waals surface area contributed by atoms with Gasteiger partial charge in [0.2, 0.25) is 10.0 Å². The highest BCUT2D eigenvalue weighted by atomic mass is 32.2. The molecule has 1 fully saturated rings. The molecule has 1 aliphatic rings. The van der Waals surface area contributed by atoms with Crippen LogP contribution in [-0.2, 0) is 10.0 Å². The molecule has 8 heteroatoms. The molecule has 0 atom stereocenters. The van der Waals surface area contributed by atoms with Crippen LogP contribution in [0.3, 0.4) is 0 Å². The minimum absolute atomic E-state index is 0.259. The molecule has 0 unspecified atom stereocenters. The van der Waals surface area contributed by atoms with Crippen LogP contribution in [0.25, 0.3) is 10.8 Å². The second-order valence-electron chi connectivity index (χ2n) is 5.15. The molecule has 1 aromatic carbocycles. The number of rotatable bonds is 3. The fourth-order valence-corrected chi connectivity index (χ4v) is 4.34. The van der Waals surface area contributed by atoms with Crippen molar-refractivity contribution in [3.63, 3.8) is 0 Å². The van der Waals surface area contributed by atoms with Crippen LogP contribution >= 0.6 is 0 Å². The summed E-state index contributed by atoms with van der Waals surface area (Å²) in [6.45, 7) is 1.44. The number of nitrogens with zero attached hydrogens (tertiary/aromatic N) is 4. The largest absolute Gasteiger partial charge is 0.264 e. The fraction of sp³-hybridized carbons (Fsp3) is 0.357. The summed E-state index contributed by atoms with van der Waals surface area (Å²) in [6.07, 6.45) is 3.81. The summed E-state index contributed by atoms with van der Waals surface area (Å²) in [5.74, 6) is 0. The van der Waals surface area contributed by atoms with Gasteiger partial charge in [-0.05, 0) is 18.6 Å². The number of pyridine rings is 1. The zero-order valence-corrected chi connectivity index (χ0v) is 12.7. The van der Waals surface area contributed by atoms with Gasteiger partial charge in [0.1, 0.15) is 0 Å². The molecule has 0 saturated carbocycles. The van der Waals surface area contributed by atoms with Crippen LogP contribution in [0.15, 0.2) is 46.8 Å². The maximum Gasteiger partial charge on any atom is 0.243 e. The van der Waals surface area contributed by atoms with Crippen LogP contribution in [0.1, 0.15) is 6.42 Å². The molecule has 0 spiro atoms. The Balaban J connectivity index is 2.00. The highest BCUT2D eigenvalue weighted by Crippen LogP contribution is 2.25. The molecule has 1 saturated heterocycles. The molecule has 0 bridgehead atoms. The highest BCUT2D eigenvalue weighted by Gasteiger charge is 2.28. The maximum atomic E-state index is 12.9. The van der Waals surface area contributed by atoms with Crippen molar-refractivity contribution in [2.75, 3.05) is 26.2 Å². The first-order chi connectivity index (χ1) is 10.6. The predicted octanol–water partition coefficient (Wildman–Crippen LogP) is 1.61. The van der Waals surface area contributed by atoms with Gasteiger partial charge in [0.25, 0.3) is 0 Å². The Morgan fingerprint density at radius 3 is 2.77 bits per heavy atom. The van der Waals surface area contributed by atoms with Gasteiger partial charge in [-0.3, -0.25) is 9.99 Å². The second-order valence-corrected chi connectivity index (χ2v) is 7.05. The predicted molar refractivity (Wildman–Crippen MR) is 82.5 cm³/mol. The average Bonchev–Trinajstić information content (AvgIpc) is 2.80. The maximum absolute atomic E-state index is 12.9. The van der Waals surface area contributed by atoms with Gasteiger partial charge in [0.15, 0.2) is 0 Å². The van der Waals surface area contributed by atoms with Crippen molar-refractivity contribution in [1.29, 1.82) is 0 Å². The van der Waals surface area contributed by atoms with E-state index in [9.17, 15) is 13.3 Å². The lowest BCUT2D eigenvalue weighted by Gasteiger charge is -2.20. The summed E-state index contributed by atoms with van der Waals surface area (Å²) >= 11 is 0. The molecule has 0 aliphatic carbocycles. The number of aromatic nitrogens is 1. The van der Waals surface area contributed by atoms with E-state index >= 15 is 0 Å². The Morgan fingerprint density at radius 2 is 1.95 bits per heavy atom. The van der Waals surface area contributed by atoms with Crippen molar-refractivity contribution >= 4 is 20.8 Å². The first-order valence-electron chi connectivity index (χ1n) is 7.04. The van der Waals surface area contributed by atoms with Crippen molar-refractivity contribution in [2.24, 2.45) is 5.29 Å². The second kappa shape index (κ2) is 5.98. The van der Waals surface area contributed by atoms with E-state index in [0.717, 1.165) is 5.39 Å². The molecule has 0 amide bonds. The molecule has 2 aromatic rings. The van der Waals surface area contributed by atoms with Gasteiger partial charge >= 0.3 is 0 Å². The van der Waals surface area contributed by atoms with Gasteiger partial charge in [-0.2, -0.15) is 4.31 Å². The number of hydrogen-bond acceptors (Lipinski definition) is 5. The lowest BCUT2D eigenvalue weighted by molar-refractivity contribution is 0.297. The zero-order valence-electron chi connectivity index (χ0n) is 11.9. The summed E-state index contributed by atoms with van der Waals surface area (Å²) in [5, 5.41) is 5.71. The Morgan fingerprint density at radius 1 is 1.09 bits per heavy atom. The summed E-state index contributed by atoms with van der Waals surface area (Å²) < 4.78 is 27.3. The van der Waals surface area contributed by atoms with E-state index < -0.39 is 10.0 Å². The SMILES string of the molecule is O=NN1CCCN(S(=O)(=O)c2cccc3cnccc23)CC1. The van der Waals surface area contributed by atoms with Crippen molar-refractivity contribution in [2.45, 2.75) is 11.3 Å². The summed E-state index contributed by atoms with van der Waals surface area (Å²) in [6, 6.07) is 6.87. The third kappa shape index (κ3) is 2.67. The molecule has 7 nitrogen and oxygen atoms in total. The number of fused-ring (bicyclic) bond motifs is 1. The lowest BCUT2D eigenvalue weighted by atomic mass is 10.2. The van der Waals surface area contributed by atoms with E-state index in [0.29, 0.717) is 31.4 Å². The molecule has 0 radical (unpaired) electrons. The van der Waals surface area contributed by atoms with Crippen LogP contribution in [0.5, 0.6) is 0 Å². The average molecular weight is 320 g/mol. The quantitative estimate of drug-likeness (QED) is 0.802. The molecule has 1 aliphatic heterocycles. The Hall–Kier alpha value is -2.06. The molecule has 2 heterocycles. The molecule has 3 rings (SSSR count). The van der Waals surface area contributed by atoms with E-state index in [2.05, 4.69) is 10.3 Å². The highest BCUT2D eigenvalue weighted by molar-refractivity contribution is 7.89. The standard InChI is InChI=1S/C14H16N4O3S/c19-16-17-7-2-8-18(10-9-17)22(20,21)14-4-1-3-12-11-15-6-5-13(12)14/h1,3-6,11H,2,7-10H2. The van der Waals surface area contributed by atoms with Crippen LogP contribution in [0, 0.1) is 4.91 Å². The number of hydrogen-bond donors (Lipinski definition) is 0. The number of sulfonamides is 1. The Labute approximate surface area is 128 Å². The minimum Gasteiger partial charge on any atom is -0.264 e. The van der Waals surface area contributed by atoms with Crippen molar-refractivity contribution in [1.82, 2.24) is 14.3 Å². The molecular weight excluding hydrogens is 304 g/mol. The topological polar surface area (TPSA) is 82.9 Å². The van der Waals surface area contributed by atoms with Gasteiger partial charge in [-0.25, -0.2) is 8.42 Å². The van der Waals surface area contributed by atoms with Crippen LogP contribution in [0.4, 0.5) is 0 Å². The van der Waals surface area contributed by atoms with Crippen LogP contribution in [-0.4, -0.2) is 48.9 Å². The summed E-state index contributed by atoms with van der Waals surface area (Å²) in [5.41, 5.74) is 0. The smallest absolute Gasteiger partial charge is 0.243 e. The van der Waals surface area contributed by atoms with Crippen LogP contribution in [0.2, 0.25) is 0 Å². The van der Waals surface area contributed by atoms with Gasteiger partial charge in [-0.15, -0.1) is 4.91 Å². The third-order valence-electron chi connectivity index (χ3n) is 3.81. The normalized spacial score (nSPS) is 17.4. The number of nitroso groups, excluding NO2 is 1. The van der Waals surface area contributed by atoms with E-state index in [-0.39, 0.29) is 11.4 Å². The minimum atomic E-state index is -3.61. The summed E-state index contributed by atoms with van der Waals surface area (Å²) in [4.78, 5) is 14.9. The Bertz CT molecular complexity index is 788. The zero-order chi connectivity index (χ0) is 15.6. The molecule has 116 valence electrons. The van der Waals surface area contributed by atoms with Gasteiger partial charge < -0.3 is 0 Å². The van der Waals surface area contributed by atoms with E-state index in [1.165, 1.54) is 9.31 Å². The van der Waals surface area contributed by atoms with Gasteiger partial charge in [0.05, 0.1) is 16.7 Å². The monoisotopic (exact) mass is 320 g/mol.